The molecule has 1 saturated carbocycles. The van der Waals surface area contributed by atoms with Crippen LogP contribution in [0, 0.1) is 6.92 Å². The Labute approximate surface area is 131 Å². The molecule has 1 aromatic carbocycles. The maximum atomic E-state index is 12.9. The molecule has 0 saturated heterocycles. The van der Waals surface area contributed by atoms with Gasteiger partial charge in [0.15, 0.2) is 0 Å². The molecule has 4 nitrogen and oxygen atoms in total. The van der Waals surface area contributed by atoms with Gasteiger partial charge in [0.1, 0.15) is 4.90 Å². The monoisotopic (exact) mass is 331 g/mol. The summed E-state index contributed by atoms with van der Waals surface area (Å²) in [4.78, 5) is 0.133. The highest BCUT2D eigenvalue weighted by molar-refractivity contribution is 7.89. The van der Waals surface area contributed by atoms with Crippen molar-refractivity contribution >= 4 is 21.6 Å². The number of sulfonamides is 1. The van der Waals surface area contributed by atoms with Gasteiger partial charge < -0.3 is 5.11 Å². The summed E-state index contributed by atoms with van der Waals surface area (Å²) in [5, 5.41) is 9.50. The highest BCUT2D eigenvalue weighted by Gasteiger charge is 2.33. The molecule has 1 fully saturated rings. The van der Waals surface area contributed by atoms with E-state index in [0.29, 0.717) is 0 Å². The Bertz CT molecular complexity index is 583. The third kappa shape index (κ3) is 3.77. The van der Waals surface area contributed by atoms with Crippen molar-refractivity contribution in [2.24, 2.45) is 0 Å². The number of aliphatic hydroxyl groups excluding tert-OH is 1. The third-order valence-corrected chi connectivity index (χ3v) is 6.41. The molecule has 118 valence electrons. The second-order valence-corrected chi connectivity index (χ2v) is 7.83. The molecule has 2 rings (SSSR count). The first kappa shape index (κ1) is 16.7. The fourth-order valence-electron chi connectivity index (χ4n) is 2.91. The van der Waals surface area contributed by atoms with Gasteiger partial charge in [-0.25, -0.2) is 8.42 Å². The molecular formula is C15H22ClNO3S. The van der Waals surface area contributed by atoms with Crippen LogP contribution < -0.4 is 0 Å². The predicted molar refractivity (Wildman–Crippen MR) is 84.0 cm³/mol. The van der Waals surface area contributed by atoms with Crippen LogP contribution in [0.25, 0.3) is 0 Å². The highest BCUT2D eigenvalue weighted by atomic mass is 35.5. The van der Waals surface area contributed by atoms with Gasteiger partial charge in [-0.1, -0.05) is 36.9 Å². The van der Waals surface area contributed by atoms with E-state index in [0.717, 1.165) is 37.7 Å². The standard InChI is InChI=1S/C15H22ClNO3S/c1-12-7-8-15(14(16)11-12)21(19,20)17(9-10-18)13-5-3-2-4-6-13/h7-8,11,13,18H,2-6,9-10H2,1H3. The minimum Gasteiger partial charge on any atom is -0.395 e. The van der Waals surface area contributed by atoms with Gasteiger partial charge in [0.2, 0.25) is 10.0 Å². The number of rotatable bonds is 5. The molecule has 0 bridgehead atoms. The van der Waals surface area contributed by atoms with Crippen LogP contribution >= 0.6 is 11.6 Å². The van der Waals surface area contributed by atoms with Crippen molar-refractivity contribution in [1.29, 1.82) is 0 Å². The van der Waals surface area contributed by atoms with Crippen LogP contribution in [0.15, 0.2) is 23.1 Å². The van der Waals surface area contributed by atoms with E-state index >= 15 is 0 Å². The largest absolute Gasteiger partial charge is 0.395 e. The van der Waals surface area contributed by atoms with Crippen molar-refractivity contribution in [3.8, 4) is 0 Å². The van der Waals surface area contributed by atoms with Gasteiger partial charge in [-0.05, 0) is 37.5 Å². The molecule has 0 atom stereocenters. The van der Waals surface area contributed by atoms with Crippen LogP contribution in [-0.2, 0) is 10.0 Å². The molecule has 0 aliphatic heterocycles. The van der Waals surface area contributed by atoms with Crippen LogP contribution in [-0.4, -0.2) is 37.0 Å². The predicted octanol–water partition coefficient (Wildman–Crippen LogP) is 2.96. The Balaban J connectivity index is 2.36. The van der Waals surface area contributed by atoms with E-state index in [9.17, 15) is 13.5 Å². The molecule has 1 aliphatic carbocycles. The molecule has 0 heterocycles. The van der Waals surface area contributed by atoms with Crippen molar-refractivity contribution < 1.29 is 13.5 Å². The van der Waals surface area contributed by atoms with Crippen LogP contribution in [0.3, 0.4) is 0 Å². The summed E-state index contributed by atoms with van der Waals surface area (Å²) in [6.07, 6.45) is 4.91. The van der Waals surface area contributed by atoms with E-state index in [1.807, 2.05) is 6.92 Å². The average molecular weight is 332 g/mol. The lowest BCUT2D eigenvalue weighted by atomic mass is 9.95. The number of aryl methyl sites for hydroxylation is 1. The molecule has 0 aromatic heterocycles. The molecule has 1 aliphatic rings. The third-order valence-electron chi connectivity index (χ3n) is 3.98. The molecule has 21 heavy (non-hydrogen) atoms. The number of halogens is 1. The first-order valence-electron chi connectivity index (χ1n) is 7.35. The number of hydrogen-bond donors (Lipinski definition) is 1. The van der Waals surface area contributed by atoms with Crippen molar-refractivity contribution in [2.75, 3.05) is 13.2 Å². The number of benzene rings is 1. The van der Waals surface area contributed by atoms with Crippen LogP contribution in [0.5, 0.6) is 0 Å². The lowest BCUT2D eigenvalue weighted by Gasteiger charge is -2.33. The second kappa shape index (κ2) is 7.09. The highest BCUT2D eigenvalue weighted by Crippen LogP contribution is 2.31. The quantitative estimate of drug-likeness (QED) is 0.902. The van der Waals surface area contributed by atoms with Gasteiger partial charge in [0.25, 0.3) is 0 Å². The zero-order valence-electron chi connectivity index (χ0n) is 12.3. The van der Waals surface area contributed by atoms with Gasteiger partial charge >= 0.3 is 0 Å². The summed E-state index contributed by atoms with van der Waals surface area (Å²) in [5.74, 6) is 0. The molecule has 0 spiro atoms. The molecular weight excluding hydrogens is 310 g/mol. The van der Waals surface area contributed by atoms with Crippen molar-refractivity contribution in [1.82, 2.24) is 4.31 Å². The number of hydrogen-bond acceptors (Lipinski definition) is 3. The lowest BCUT2D eigenvalue weighted by Crippen LogP contribution is -2.43. The molecule has 0 radical (unpaired) electrons. The fraction of sp³-hybridized carbons (Fsp3) is 0.600. The minimum absolute atomic E-state index is 0.0340. The number of aliphatic hydroxyl groups is 1. The van der Waals surface area contributed by atoms with E-state index in [4.69, 9.17) is 11.6 Å². The summed E-state index contributed by atoms with van der Waals surface area (Å²) >= 11 is 6.13. The van der Waals surface area contributed by atoms with E-state index in [1.54, 1.807) is 18.2 Å². The van der Waals surface area contributed by atoms with Gasteiger partial charge in [-0.15, -0.1) is 0 Å². The Morgan fingerprint density at radius 2 is 1.95 bits per heavy atom. The Morgan fingerprint density at radius 1 is 1.29 bits per heavy atom. The summed E-state index contributed by atoms with van der Waals surface area (Å²) in [6, 6.07) is 4.93. The van der Waals surface area contributed by atoms with Gasteiger partial charge in [0.05, 0.1) is 11.6 Å². The zero-order chi connectivity index (χ0) is 15.5. The van der Waals surface area contributed by atoms with Crippen molar-refractivity contribution in [3.05, 3.63) is 28.8 Å². The second-order valence-electron chi connectivity index (χ2n) is 5.57. The maximum Gasteiger partial charge on any atom is 0.244 e. The van der Waals surface area contributed by atoms with E-state index in [-0.39, 0.29) is 29.1 Å². The lowest BCUT2D eigenvalue weighted by molar-refractivity contribution is 0.199. The van der Waals surface area contributed by atoms with Crippen molar-refractivity contribution in [3.63, 3.8) is 0 Å². The number of nitrogens with zero attached hydrogens (tertiary/aromatic N) is 1. The Hall–Kier alpha value is -0.620. The molecule has 1 N–H and O–H groups in total. The first-order valence-corrected chi connectivity index (χ1v) is 9.17. The topological polar surface area (TPSA) is 57.6 Å². The van der Waals surface area contributed by atoms with E-state index < -0.39 is 10.0 Å². The summed E-state index contributed by atoms with van der Waals surface area (Å²) < 4.78 is 27.2. The fourth-order valence-corrected chi connectivity index (χ4v) is 5.16. The van der Waals surface area contributed by atoms with Crippen molar-refractivity contribution in [2.45, 2.75) is 50.0 Å². The molecule has 0 unspecified atom stereocenters. The van der Waals surface area contributed by atoms with Crippen LogP contribution in [0.1, 0.15) is 37.7 Å². The van der Waals surface area contributed by atoms with E-state index in [2.05, 4.69) is 0 Å². The van der Waals surface area contributed by atoms with Crippen LogP contribution in [0.4, 0.5) is 0 Å². The van der Waals surface area contributed by atoms with E-state index in [1.165, 1.54) is 4.31 Å². The molecule has 1 aromatic rings. The summed E-state index contributed by atoms with van der Waals surface area (Å²) in [6.45, 7) is 1.81. The first-order chi connectivity index (χ1) is 9.96. The normalized spacial score (nSPS) is 17.3. The molecule has 6 heteroatoms. The van der Waals surface area contributed by atoms with Gasteiger partial charge in [-0.3, -0.25) is 0 Å². The zero-order valence-corrected chi connectivity index (χ0v) is 13.8. The minimum atomic E-state index is -3.67. The van der Waals surface area contributed by atoms with Gasteiger partial charge in [0, 0.05) is 12.6 Å². The Kier molecular flexibility index (Phi) is 5.66. The summed E-state index contributed by atoms with van der Waals surface area (Å²) in [5.41, 5.74) is 0.922. The summed E-state index contributed by atoms with van der Waals surface area (Å²) in [7, 11) is -3.67. The smallest absolute Gasteiger partial charge is 0.244 e. The van der Waals surface area contributed by atoms with Gasteiger partial charge in [-0.2, -0.15) is 4.31 Å². The van der Waals surface area contributed by atoms with Crippen LogP contribution in [0.2, 0.25) is 5.02 Å². The maximum absolute atomic E-state index is 12.9. The molecule has 0 amide bonds. The SMILES string of the molecule is Cc1ccc(S(=O)(=O)N(CCO)C2CCCCC2)c(Cl)c1. The Morgan fingerprint density at radius 3 is 2.52 bits per heavy atom. The average Bonchev–Trinajstić information content (AvgIpc) is 2.45.